The first kappa shape index (κ1) is 17.7. The quantitative estimate of drug-likeness (QED) is 0.814. The number of halogens is 2. The molecule has 5 nitrogen and oxygen atoms in total. The van der Waals surface area contributed by atoms with Gasteiger partial charge < -0.3 is 14.8 Å². The van der Waals surface area contributed by atoms with Gasteiger partial charge in [-0.3, -0.25) is 0 Å². The first-order chi connectivity index (χ1) is 9.54. The number of carbonyl (C=O) groups is 2. The highest BCUT2D eigenvalue weighted by atomic mass is 19.3. The Morgan fingerprint density at radius 2 is 1.76 bits per heavy atom. The molecule has 1 unspecified atom stereocenters. The van der Waals surface area contributed by atoms with Gasteiger partial charge in [0.1, 0.15) is 11.6 Å². The van der Waals surface area contributed by atoms with E-state index in [0.717, 1.165) is 0 Å². The SMILES string of the molecule is COC(=O)C(NC(=O)OC(C)(C)C)C1CCC(F)(F)CC1. The van der Waals surface area contributed by atoms with E-state index in [1.807, 2.05) is 0 Å². The lowest BCUT2D eigenvalue weighted by Gasteiger charge is -2.33. The van der Waals surface area contributed by atoms with Crippen molar-refractivity contribution in [3.05, 3.63) is 0 Å². The van der Waals surface area contributed by atoms with Crippen molar-refractivity contribution in [2.45, 2.75) is 64.0 Å². The fraction of sp³-hybridized carbons (Fsp3) is 0.857. The zero-order valence-corrected chi connectivity index (χ0v) is 12.9. The summed E-state index contributed by atoms with van der Waals surface area (Å²) in [6, 6.07) is -0.957. The van der Waals surface area contributed by atoms with Crippen LogP contribution in [0.5, 0.6) is 0 Å². The van der Waals surface area contributed by atoms with E-state index in [2.05, 4.69) is 10.1 Å². The van der Waals surface area contributed by atoms with Gasteiger partial charge in [0.2, 0.25) is 5.92 Å². The lowest BCUT2D eigenvalue weighted by atomic mass is 9.82. The molecule has 1 aliphatic carbocycles. The summed E-state index contributed by atoms with van der Waals surface area (Å²) in [6.07, 6.45) is -1.02. The number of methoxy groups -OCH3 is 1. The molecule has 0 bridgehead atoms. The third kappa shape index (κ3) is 5.85. The predicted octanol–water partition coefficient (Wildman–Crippen LogP) is 2.88. The molecule has 1 rings (SSSR count). The normalized spacial score (nSPS) is 20.5. The van der Waals surface area contributed by atoms with Crippen LogP contribution in [0.4, 0.5) is 13.6 Å². The van der Waals surface area contributed by atoms with Crippen LogP contribution in [-0.2, 0) is 14.3 Å². The molecule has 122 valence electrons. The third-order valence-electron chi connectivity index (χ3n) is 3.36. The standard InChI is InChI=1S/C14H23F2NO4/c1-13(2,3)21-12(19)17-10(11(18)20-4)9-5-7-14(15,16)8-6-9/h9-10H,5-8H2,1-4H3,(H,17,19). The minimum Gasteiger partial charge on any atom is -0.467 e. The third-order valence-corrected chi connectivity index (χ3v) is 3.36. The van der Waals surface area contributed by atoms with Crippen LogP contribution in [0.15, 0.2) is 0 Å². The molecule has 7 heteroatoms. The van der Waals surface area contributed by atoms with E-state index in [1.165, 1.54) is 7.11 Å². The molecule has 0 saturated heterocycles. The molecular formula is C14H23F2NO4. The second-order valence-corrected chi connectivity index (χ2v) is 6.34. The van der Waals surface area contributed by atoms with E-state index < -0.39 is 29.6 Å². The number of ether oxygens (including phenoxy) is 2. The summed E-state index contributed by atoms with van der Waals surface area (Å²) in [5.74, 6) is -3.70. The largest absolute Gasteiger partial charge is 0.467 e. The minimum absolute atomic E-state index is 0.155. The molecule has 0 aromatic rings. The van der Waals surface area contributed by atoms with Gasteiger partial charge in [0.25, 0.3) is 0 Å². The number of rotatable bonds is 3. The fourth-order valence-corrected chi connectivity index (χ4v) is 2.33. The highest BCUT2D eigenvalue weighted by Crippen LogP contribution is 2.37. The molecule has 0 aromatic heterocycles. The lowest BCUT2D eigenvalue weighted by molar-refractivity contribution is -0.146. The van der Waals surface area contributed by atoms with Gasteiger partial charge in [0, 0.05) is 12.8 Å². The highest BCUT2D eigenvalue weighted by molar-refractivity contribution is 5.81. The van der Waals surface area contributed by atoms with E-state index >= 15 is 0 Å². The summed E-state index contributed by atoms with van der Waals surface area (Å²) < 4.78 is 36.1. The maximum atomic E-state index is 13.2. The van der Waals surface area contributed by atoms with Gasteiger partial charge in [-0.1, -0.05) is 0 Å². The Hall–Kier alpha value is -1.40. The van der Waals surface area contributed by atoms with Gasteiger partial charge in [-0.05, 0) is 39.5 Å². The van der Waals surface area contributed by atoms with Crippen LogP contribution < -0.4 is 5.32 Å². The zero-order chi connectivity index (χ0) is 16.3. The second-order valence-electron chi connectivity index (χ2n) is 6.34. The summed E-state index contributed by atoms with van der Waals surface area (Å²) in [5, 5.41) is 2.44. The Kier molecular flexibility index (Phi) is 5.53. The van der Waals surface area contributed by atoms with Gasteiger partial charge in [-0.25, -0.2) is 18.4 Å². The summed E-state index contributed by atoms with van der Waals surface area (Å²) in [5.41, 5.74) is -0.704. The summed E-state index contributed by atoms with van der Waals surface area (Å²) >= 11 is 0. The second kappa shape index (κ2) is 6.58. The minimum atomic E-state index is -2.69. The van der Waals surface area contributed by atoms with Crippen LogP contribution in [0, 0.1) is 5.92 Å². The van der Waals surface area contributed by atoms with Crippen molar-refractivity contribution in [1.82, 2.24) is 5.32 Å². The Morgan fingerprint density at radius 1 is 1.24 bits per heavy atom. The Morgan fingerprint density at radius 3 is 2.19 bits per heavy atom. The lowest BCUT2D eigenvalue weighted by Crippen LogP contribution is -2.49. The number of esters is 1. The van der Waals surface area contributed by atoms with E-state index in [-0.39, 0.29) is 31.6 Å². The highest BCUT2D eigenvalue weighted by Gasteiger charge is 2.41. The van der Waals surface area contributed by atoms with Crippen LogP contribution in [0.25, 0.3) is 0 Å². The van der Waals surface area contributed by atoms with Crippen molar-refractivity contribution in [2.24, 2.45) is 5.92 Å². The molecule has 1 atom stereocenters. The summed E-state index contributed by atoms with van der Waals surface area (Å²) in [4.78, 5) is 23.6. The van der Waals surface area contributed by atoms with Crippen LogP contribution in [0.1, 0.15) is 46.5 Å². The Balaban J connectivity index is 2.69. The number of hydrogen-bond donors (Lipinski definition) is 1. The predicted molar refractivity (Wildman–Crippen MR) is 72.1 cm³/mol. The van der Waals surface area contributed by atoms with Crippen LogP contribution in [-0.4, -0.2) is 36.7 Å². The average Bonchev–Trinajstić information content (AvgIpc) is 2.33. The van der Waals surface area contributed by atoms with E-state index in [9.17, 15) is 18.4 Å². The molecule has 1 amide bonds. The molecule has 21 heavy (non-hydrogen) atoms. The molecule has 1 aliphatic rings. The van der Waals surface area contributed by atoms with Gasteiger partial charge in [-0.15, -0.1) is 0 Å². The fourth-order valence-electron chi connectivity index (χ4n) is 2.33. The molecule has 0 heterocycles. The first-order valence-electron chi connectivity index (χ1n) is 6.99. The van der Waals surface area contributed by atoms with Crippen molar-refractivity contribution < 1.29 is 27.8 Å². The van der Waals surface area contributed by atoms with E-state index in [0.29, 0.717) is 0 Å². The number of hydrogen-bond acceptors (Lipinski definition) is 4. The average molecular weight is 307 g/mol. The van der Waals surface area contributed by atoms with Crippen LogP contribution in [0.2, 0.25) is 0 Å². The van der Waals surface area contributed by atoms with Gasteiger partial charge in [0.15, 0.2) is 0 Å². The summed E-state index contributed by atoms with van der Waals surface area (Å²) in [6.45, 7) is 5.09. The van der Waals surface area contributed by atoms with Crippen molar-refractivity contribution >= 4 is 12.1 Å². The van der Waals surface area contributed by atoms with Gasteiger partial charge in [-0.2, -0.15) is 0 Å². The van der Waals surface area contributed by atoms with Crippen LogP contribution in [0.3, 0.4) is 0 Å². The number of carbonyl (C=O) groups excluding carboxylic acids is 2. The Bertz CT molecular complexity index is 383. The number of amides is 1. The number of nitrogens with one attached hydrogen (secondary N) is 1. The molecule has 1 saturated carbocycles. The molecule has 0 spiro atoms. The van der Waals surface area contributed by atoms with E-state index in [1.54, 1.807) is 20.8 Å². The summed E-state index contributed by atoms with van der Waals surface area (Å²) in [7, 11) is 1.20. The van der Waals surface area contributed by atoms with Crippen LogP contribution >= 0.6 is 0 Å². The molecular weight excluding hydrogens is 284 g/mol. The zero-order valence-electron chi connectivity index (χ0n) is 12.9. The van der Waals surface area contributed by atoms with Crippen molar-refractivity contribution in [1.29, 1.82) is 0 Å². The maximum Gasteiger partial charge on any atom is 0.408 e. The molecule has 0 radical (unpaired) electrons. The molecule has 0 aromatic carbocycles. The number of alkyl halides is 2. The smallest absolute Gasteiger partial charge is 0.408 e. The first-order valence-corrected chi connectivity index (χ1v) is 6.99. The van der Waals surface area contributed by atoms with Gasteiger partial charge >= 0.3 is 12.1 Å². The molecule has 1 N–H and O–H groups in total. The van der Waals surface area contributed by atoms with Crippen molar-refractivity contribution in [3.8, 4) is 0 Å². The maximum absolute atomic E-state index is 13.2. The van der Waals surface area contributed by atoms with Gasteiger partial charge in [0.05, 0.1) is 7.11 Å². The van der Waals surface area contributed by atoms with E-state index in [4.69, 9.17) is 4.74 Å². The topological polar surface area (TPSA) is 64.6 Å². The monoisotopic (exact) mass is 307 g/mol. The van der Waals surface area contributed by atoms with Crippen molar-refractivity contribution in [3.63, 3.8) is 0 Å². The number of alkyl carbamates (subject to hydrolysis) is 1. The molecule has 1 fully saturated rings. The Labute approximate surface area is 123 Å². The molecule has 0 aliphatic heterocycles. The van der Waals surface area contributed by atoms with Crippen molar-refractivity contribution in [2.75, 3.05) is 7.11 Å².